The molecule has 0 radical (unpaired) electrons. The second-order valence-corrected chi connectivity index (χ2v) is 6.58. The van der Waals surface area contributed by atoms with Crippen LogP contribution in [0.4, 0.5) is 0 Å². The summed E-state index contributed by atoms with van der Waals surface area (Å²) in [7, 11) is 0. The Hall–Kier alpha value is -0.0800. The molecule has 1 heterocycles. The predicted octanol–water partition coefficient (Wildman–Crippen LogP) is 3.03. The topological polar surface area (TPSA) is 15.3 Å². The van der Waals surface area contributed by atoms with E-state index in [-0.39, 0.29) is 0 Å². The molecule has 0 aromatic rings. The van der Waals surface area contributed by atoms with Gasteiger partial charge < -0.3 is 5.32 Å². The number of nitrogens with zero attached hydrogens (tertiary/aromatic N) is 1. The van der Waals surface area contributed by atoms with E-state index in [0.717, 1.165) is 12.0 Å². The Labute approximate surface area is 107 Å². The van der Waals surface area contributed by atoms with Gasteiger partial charge in [-0.25, -0.2) is 0 Å². The molecule has 1 aliphatic carbocycles. The zero-order valence-electron chi connectivity index (χ0n) is 12.0. The first-order valence-electron chi connectivity index (χ1n) is 7.62. The van der Waals surface area contributed by atoms with Crippen molar-refractivity contribution in [1.29, 1.82) is 0 Å². The summed E-state index contributed by atoms with van der Waals surface area (Å²) in [4.78, 5) is 2.79. The lowest BCUT2D eigenvalue weighted by Crippen LogP contribution is -2.51. The fourth-order valence-electron chi connectivity index (χ4n) is 3.41. The van der Waals surface area contributed by atoms with E-state index >= 15 is 0 Å². The lowest BCUT2D eigenvalue weighted by molar-refractivity contribution is 0.117. The Morgan fingerprint density at radius 3 is 2.59 bits per heavy atom. The molecule has 0 spiro atoms. The predicted molar refractivity (Wildman–Crippen MR) is 74.3 cm³/mol. The van der Waals surface area contributed by atoms with E-state index in [0.29, 0.717) is 5.54 Å². The van der Waals surface area contributed by atoms with Crippen molar-refractivity contribution in [2.24, 2.45) is 5.92 Å². The van der Waals surface area contributed by atoms with E-state index in [1.807, 2.05) is 0 Å². The molecule has 2 heteroatoms. The van der Waals surface area contributed by atoms with E-state index in [1.165, 1.54) is 58.2 Å². The molecule has 0 amide bonds. The summed E-state index contributed by atoms with van der Waals surface area (Å²) in [5.41, 5.74) is 0.347. The standard InChI is InChI=1S/C15H30N2/c1-4-15(3)12-17(11-5-10-16-15)14-8-6-13(2)7-9-14/h13-14,16H,4-12H2,1-3H3. The van der Waals surface area contributed by atoms with Crippen molar-refractivity contribution in [1.82, 2.24) is 10.2 Å². The normalized spacial score (nSPS) is 41.1. The highest BCUT2D eigenvalue weighted by Gasteiger charge is 2.31. The summed E-state index contributed by atoms with van der Waals surface area (Å²) in [5.74, 6) is 0.967. The molecule has 2 nitrogen and oxygen atoms in total. The summed E-state index contributed by atoms with van der Waals surface area (Å²) in [5, 5.41) is 3.74. The molecule has 17 heavy (non-hydrogen) atoms. The lowest BCUT2D eigenvalue weighted by Gasteiger charge is -2.39. The van der Waals surface area contributed by atoms with Crippen LogP contribution in [0.25, 0.3) is 0 Å². The molecule has 1 atom stereocenters. The van der Waals surface area contributed by atoms with Crippen molar-refractivity contribution in [3.05, 3.63) is 0 Å². The van der Waals surface area contributed by atoms with E-state index in [9.17, 15) is 0 Å². The van der Waals surface area contributed by atoms with E-state index < -0.39 is 0 Å². The number of hydrogen-bond donors (Lipinski definition) is 1. The maximum Gasteiger partial charge on any atom is 0.0277 e. The third kappa shape index (κ3) is 3.45. The van der Waals surface area contributed by atoms with Gasteiger partial charge in [-0.2, -0.15) is 0 Å². The van der Waals surface area contributed by atoms with Gasteiger partial charge in [0.15, 0.2) is 0 Å². The van der Waals surface area contributed by atoms with Crippen LogP contribution < -0.4 is 5.32 Å². The minimum atomic E-state index is 0.347. The molecule has 0 aromatic heterocycles. The minimum Gasteiger partial charge on any atom is -0.310 e. The van der Waals surface area contributed by atoms with Crippen LogP contribution >= 0.6 is 0 Å². The molecular weight excluding hydrogens is 208 g/mol. The summed E-state index contributed by atoms with van der Waals surface area (Å²) < 4.78 is 0. The molecule has 2 aliphatic rings. The van der Waals surface area contributed by atoms with Crippen molar-refractivity contribution >= 4 is 0 Å². The smallest absolute Gasteiger partial charge is 0.0277 e. The first-order valence-corrected chi connectivity index (χ1v) is 7.62. The van der Waals surface area contributed by atoms with Crippen molar-refractivity contribution in [3.63, 3.8) is 0 Å². The second kappa shape index (κ2) is 5.71. The summed E-state index contributed by atoms with van der Waals surface area (Å²) in [6.07, 6.45) is 8.31. The first kappa shape index (κ1) is 13.4. The number of hydrogen-bond acceptors (Lipinski definition) is 2. The molecule has 0 aromatic carbocycles. The van der Waals surface area contributed by atoms with Crippen molar-refractivity contribution < 1.29 is 0 Å². The zero-order chi connectivity index (χ0) is 12.3. The van der Waals surface area contributed by atoms with Crippen molar-refractivity contribution in [2.75, 3.05) is 19.6 Å². The summed E-state index contributed by atoms with van der Waals surface area (Å²) in [6, 6.07) is 0.872. The Morgan fingerprint density at radius 2 is 1.94 bits per heavy atom. The van der Waals surface area contributed by atoms with Gasteiger partial charge in [-0.1, -0.05) is 13.8 Å². The molecule has 2 rings (SSSR count). The Balaban J connectivity index is 1.94. The monoisotopic (exact) mass is 238 g/mol. The molecule has 100 valence electrons. The van der Waals surface area contributed by atoms with Crippen molar-refractivity contribution in [2.45, 2.75) is 70.9 Å². The highest BCUT2D eigenvalue weighted by molar-refractivity contribution is 4.91. The van der Waals surface area contributed by atoms with Crippen LogP contribution in [-0.2, 0) is 0 Å². The van der Waals surface area contributed by atoms with Crippen LogP contribution in [0.2, 0.25) is 0 Å². The average Bonchev–Trinajstić information content (AvgIpc) is 2.53. The van der Waals surface area contributed by atoms with E-state index in [2.05, 4.69) is 31.0 Å². The van der Waals surface area contributed by atoms with Crippen LogP contribution in [0.15, 0.2) is 0 Å². The maximum atomic E-state index is 3.74. The SMILES string of the molecule is CCC1(C)CN(C2CCC(C)CC2)CCCN1. The molecule has 2 fully saturated rings. The summed E-state index contributed by atoms with van der Waals surface area (Å²) in [6.45, 7) is 10.9. The van der Waals surface area contributed by atoms with Crippen LogP contribution in [0, 0.1) is 5.92 Å². The van der Waals surface area contributed by atoms with Gasteiger partial charge in [0, 0.05) is 18.1 Å². The Bertz CT molecular complexity index is 233. The van der Waals surface area contributed by atoms with E-state index in [4.69, 9.17) is 0 Å². The van der Waals surface area contributed by atoms with Gasteiger partial charge >= 0.3 is 0 Å². The Morgan fingerprint density at radius 1 is 1.24 bits per heavy atom. The van der Waals surface area contributed by atoms with Gasteiger partial charge in [-0.15, -0.1) is 0 Å². The second-order valence-electron chi connectivity index (χ2n) is 6.58. The molecule has 1 N–H and O–H groups in total. The van der Waals surface area contributed by atoms with Gasteiger partial charge in [0.25, 0.3) is 0 Å². The third-order valence-electron chi connectivity index (χ3n) is 5.01. The largest absolute Gasteiger partial charge is 0.310 e. The first-order chi connectivity index (χ1) is 8.13. The fourth-order valence-corrected chi connectivity index (χ4v) is 3.41. The van der Waals surface area contributed by atoms with Crippen LogP contribution in [-0.4, -0.2) is 36.1 Å². The van der Waals surface area contributed by atoms with Gasteiger partial charge in [-0.05, 0) is 64.5 Å². The highest BCUT2D eigenvalue weighted by Crippen LogP contribution is 2.29. The van der Waals surface area contributed by atoms with Crippen molar-refractivity contribution in [3.8, 4) is 0 Å². The third-order valence-corrected chi connectivity index (χ3v) is 5.01. The van der Waals surface area contributed by atoms with Crippen LogP contribution in [0.3, 0.4) is 0 Å². The molecular formula is C15H30N2. The molecule has 1 saturated heterocycles. The Kier molecular flexibility index (Phi) is 4.48. The van der Waals surface area contributed by atoms with E-state index in [1.54, 1.807) is 0 Å². The van der Waals surface area contributed by atoms with Gasteiger partial charge in [0.2, 0.25) is 0 Å². The molecule has 0 bridgehead atoms. The maximum absolute atomic E-state index is 3.74. The minimum absolute atomic E-state index is 0.347. The number of rotatable bonds is 2. The van der Waals surface area contributed by atoms with Crippen LogP contribution in [0.5, 0.6) is 0 Å². The summed E-state index contributed by atoms with van der Waals surface area (Å²) >= 11 is 0. The lowest BCUT2D eigenvalue weighted by atomic mass is 9.86. The van der Waals surface area contributed by atoms with Gasteiger partial charge in [-0.3, -0.25) is 4.90 Å². The molecule has 1 saturated carbocycles. The fraction of sp³-hybridized carbons (Fsp3) is 1.00. The molecule has 1 unspecified atom stereocenters. The van der Waals surface area contributed by atoms with Gasteiger partial charge in [0.05, 0.1) is 0 Å². The van der Waals surface area contributed by atoms with Crippen LogP contribution in [0.1, 0.15) is 59.3 Å². The van der Waals surface area contributed by atoms with Gasteiger partial charge in [0.1, 0.15) is 0 Å². The molecule has 1 aliphatic heterocycles. The average molecular weight is 238 g/mol. The highest BCUT2D eigenvalue weighted by atomic mass is 15.2. The zero-order valence-corrected chi connectivity index (χ0v) is 12.0. The quantitative estimate of drug-likeness (QED) is 0.795. The number of nitrogens with one attached hydrogen (secondary N) is 1.